The van der Waals surface area contributed by atoms with Gasteiger partial charge in [-0.1, -0.05) is 6.92 Å². The molecule has 1 saturated heterocycles. The van der Waals surface area contributed by atoms with E-state index in [4.69, 9.17) is 16.2 Å². The van der Waals surface area contributed by atoms with Crippen LogP contribution in [0.3, 0.4) is 0 Å². The highest BCUT2D eigenvalue weighted by molar-refractivity contribution is 5.72. The Balaban J connectivity index is 2.13. The minimum atomic E-state index is -0.0991. The number of rotatable bonds is 2. The summed E-state index contributed by atoms with van der Waals surface area (Å²) in [5.74, 6) is 0.370. The maximum atomic E-state index is 6.14. The molecule has 1 unspecified atom stereocenters. The fourth-order valence-corrected chi connectivity index (χ4v) is 2.62. The SMILES string of the molecule is CC1(c2cc(-c3cccnc3)nc(N)c2N)CCOC1. The van der Waals surface area contributed by atoms with Crippen molar-refractivity contribution in [3.63, 3.8) is 0 Å². The molecular weight excluding hydrogens is 252 g/mol. The van der Waals surface area contributed by atoms with Gasteiger partial charge in [0.15, 0.2) is 0 Å². The first kappa shape index (κ1) is 12.9. The van der Waals surface area contributed by atoms with Gasteiger partial charge < -0.3 is 16.2 Å². The first-order valence-corrected chi connectivity index (χ1v) is 6.65. The van der Waals surface area contributed by atoms with Crippen LogP contribution < -0.4 is 11.5 Å². The lowest BCUT2D eigenvalue weighted by Crippen LogP contribution is -2.24. The van der Waals surface area contributed by atoms with E-state index in [9.17, 15) is 0 Å². The van der Waals surface area contributed by atoms with Crippen molar-refractivity contribution in [1.29, 1.82) is 0 Å². The summed E-state index contributed by atoms with van der Waals surface area (Å²) in [5, 5.41) is 0. The van der Waals surface area contributed by atoms with Crippen LogP contribution in [0.4, 0.5) is 11.5 Å². The van der Waals surface area contributed by atoms with Crippen LogP contribution in [-0.4, -0.2) is 23.2 Å². The quantitative estimate of drug-likeness (QED) is 0.871. The van der Waals surface area contributed by atoms with Gasteiger partial charge in [-0.05, 0) is 30.2 Å². The smallest absolute Gasteiger partial charge is 0.147 e. The van der Waals surface area contributed by atoms with Gasteiger partial charge in [-0.3, -0.25) is 4.98 Å². The van der Waals surface area contributed by atoms with Gasteiger partial charge >= 0.3 is 0 Å². The lowest BCUT2D eigenvalue weighted by Gasteiger charge is -2.25. The fraction of sp³-hybridized carbons (Fsp3) is 0.333. The van der Waals surface area contributed by atoms with E-state index in [1.807, 2.05) is 18.2 Å². The predicted molar refractivity (Wildman–Crippen MR) is 79.1 cm³/mol. The lowest BCUT2D eigenvalue weighted by atomic mass is 9.81. The van der Waals surface area contributed by atoms with Crippen LogP contribution in [-0.2, 0) is 10.2 Å². The van der Waals surface area contributed by atoms with Crippen LogP contribution in [0.2, 0.25) is 0 Å². The zero-order valence-electron chi connectivity index (χ0n) is 11.5. The van der Waals surface area contributed by atoms with Gasteiger partial charge in [0.25, 0.3) is 0 Å². The van der Waals surface area contributed by atoms with Crippen LogP contribution in [0, 0.1) is 0 Å². The average molecular weight is 270 g/mol. The Labute approximate surface area is 118 Å². The van der Waals surface area contributed by atoms with Crippen molar-refractivity contribution in [3.05, 3.63) is 36.2 Å². The molecule has 0 bridgehead atoms. The van der Waals surface area contributed by atoms with Crippen molar-refractivity contribution in [2.75, 3.05) is 24.7 Å². The van der Waals surface area contributed by atoms with Crippen LogP contribution in [0.5, 0.6) is 0 Å². The summed E-state index contributed by atoms with van der Waals surface area (Å²) in [6.07, 6.45) is 4.44. The summed E-state index contributed by atoms with van der Waals surface area (Å²) in [6.45, 7) is 3.56. The number of anilines is 2. The van der Waals surface area contributed by atoms with E-state index < -0.39 is 0 Å². The molecule has 1 aliphatic rings. The highest BCUT2D eigenvalue weighted by Crippen LogP contribution is 2.39. The molecule has 0 aliphatic carbocycles. The minimum Gasteiger partial charge on any atom is -0.396 e. The van der Waals surface area contributed by atoms with E-state index in [1.165, 1.54) is 0 Å². The second-order valence-corrected chi connectivity index (χ2v) is 5.46. The monoisotopic (exact) mass is 270 g/mol. The molecule has 0 radical (unpaired) electrons. The van der Waals surface area contributed by atoms with E-state index in [-0.39, 0.29) is 5.41 Å². The summed E-state index contributed by atoms with van der Waals surface area (Å²) in [7, 11) is 0. The summed E-state index contributed by atoms with van der Waals surface area (Å²) >= 11 is 0. The first-order chi connectivity index (χ1) is 9.60. The molecule has 0 saturated carbocycles. The Kier molecular flexibility index (Phi) is 3.06. The molecule has 5 heteroatoms. The number of nitrogens with two attached hydrogens (primary N) is 2. The van der Waals surface area contributed by atoms with Crippen LogP contribution in [0.15, 0.2) is 30.6 Å². The van der Waals surface area contributed by atoms with E-state index in [0.717, 1.165) is 29.8 Å². The van der Waals surface area contributed by atoms with Gasteiger partial charge in [0.05, 0.1) is 18.0 Å². The van der Waals surface area contributed by atoms with Crippen molar-refractivity contribution in [2.45, 2.75) is 18.8 Å². The summed E-state index contributed by atoms with van der Waals surface area (Å²) in [4.78, 5) is 8.50. The normalized spacial score (nSPS) is 22.1. The number of hydrogen-bond donors (Lipinski definition) is 2. The van der Waals surface area contributed by atoms with Gasteiger partial charge in [0.1, 0.15) is 5.82 Å². The van der Waals surface area contributed by atoms with Crippen molar-refractivity contribution in [2.24, 2.45) is 0 Å². The Morgan fingerprint density at radius 1 is 1.35 bits per heavy atom. The van der Waals surface area contributed by atoms with Gasteiger partial charge in [0.2, 0.25) is 0 Å². The molecule has 104 valence electrons. The highest BCUT2D eigenvalue weighted by atomic mass is 16.5. The molecule has 1 fully saturated rings. The fourth-order valence-electron chi connectivity index (χ4n) is 2.62. The molecule has 3 heterocycles. The van der Waals surface area contributed by atoms with E-state index in [0.29, 0.717) is 18.1 Å². The Morgan fingerprint density at radius 3 is 2.85 bits per heavy atom. The van der Waals surface area contributed by atoms with Gasteiger partial charge in [0, 0.05) is 30.0 Å². The Hall–Kier alpha value is -2.14. The van der Waals surface area contributed by atoms with E-state index in [1.54, 1.807) is 12.4 Å². The highest BCUT2D eigenvalue weighted by Gasteiger charge is 2.34. The molecule has 1 atom stereocenters. The third-order valence-corrected chi connectivity index (χ3v) is 3.91. The first-order valence-electron chi connectivity index (χ1n) is 6.65. The second kappa shape index (κ2) is 4.76. The van der Waals surface area contributed by atoms with Crippen molar-refractivity contribution >= 4 is 11.5 Å². The molecule has 3 rings (SSSR count). The van der Waals surface area contributed by atoms with Crippen molar-refractivity contribution in [3.8, 4) is 11.3 Å². The number of aromatic nitrogens is 2. The van der Waals surface area contributed by atoms with Crippen LogP contribution in [0.25, 0.3) is 11.3 Å². The molecule has 20 heavy (non-hydrogen) atoms. The van der Waals surface area contributed by atoms with E-state index in [2.05, 4.69) is 16.9 Å². The lowest BCUT2D eigenvalue weighted by molar-refractivity contribution is 0.181. The molecule has 0 aromatic carbocycles. The number of nitrogens with zero attached hydrogens (tertiary/aromatic N) is 2. The number of hydrogen-bond acceptors (Lipinski definition) is 5. The number of ether oxygens (including phenoxy) is 1. The van der Waals surface area contributed by atoms with Crippen molar-refractivity contribution in [1.82, 2.24) is 9.97 Å². The maximum absolute atomic E-state index is 6.14. The van der Waals surface area contributed by atoms with Gasteiger partial charge in [-0.2, -0.15) is 0 Å². The molecule has 0 spiro atoms. The summed E-state index contributed by atoms with van der Waals surface area (Å²) < 4.78 is 5.53. The topological polar surface area (TPSA) is 87.0 Å². The van der Waals surface area contributed by atoms with Crippen LogP contribution in [0.1, 0.15) is 18.9 Å². The molecule has 0 amide bonds. The van der Waals surface area contributed by atoms with E-state index >= 15 is 0 Å². The van der Waals surface area contributed by atoms with Crippen molar-refractivity contribution < 1.29 is 4.74 Å². The molecular formula is C15H18N4O. The zero-order chi connectivity index (χ0) is 14.2. The zero-order valence-corrected chi connectivity index (χ0v) is 11.5. The third-order valence-electron chi connectivity index (χ3n) is 3.91. The second-order valence-electron chi connectivity index (χ2n) is 5.46. The number of nitrogen functional groups attached to an aromatic ring is 2. The largest absolute Gasteiger partial charge is 0.396 e. The summed E-state index contributed by atoms with van der Waals surface area (Å²) in [6, 6.07) is 5.85. The van der Waals surface area contributed by atoms with Gasteiger partial charge in [-0.15, -0.1) is 0 Å². The summed E-state index contributed by atoms with van der Waals surface area (Å²) in [5.41, 5.74) is 15.3. The standard InChI is InChI=1S/C15H18N4O/c1-15(4-6-20-9-15)11-7-12(19-14(17)13(11)16)10-3-2-5-18-8-10/h2-3,5,7-8H,4,6,9,16H2,1H3,(H2,17,19). The molecule has 2 aromatic heterocycles. The molecule has 1 aliphatic heterocycles. The Bertz CT molecular complexity index is 621. The molecule has 4 N–H and O–H groups in total. The molecule has 2 aromatic rings. The maximum Gasteiger partial charge on any atom is 0.147 e. The third kappa shape index (κ3) is 2.10. The minimum absolute atomic E-state index is 0.0991. The molecule has 5 nitrogen and oxygen atoms in total. The Morgan fingerprint density at radius 2 is 2.20 bits per heavy atom. The average Bonchev–Trinajstić information content (AvgIpc) is 2.90. The van der Waals surface area contributed by atoms with Gasteiger partial charge in [-0.25, -0.2) is 4.98 Å². The van der Waals surface area contributed by atoms with Crippen LogP contribution >= 0.6 is 0 Å². The number of pyridine rings is 2. The predicted octanol–water partition coefficient (Wildman–Crippen LogP) is 1.99.